The van der Waals surface area contributed by atoms with Crippen LogP contribution in [0.3, 0.4) is 0 Å². The van der Waals surface area contributed by atoms with E-state index in [1.54, 1.807) is 11.8 Å². The molecule has 1 fully saturated rings. The van der Waals surface area contributed by atoms with Crippen molar-refractivity contribution in [2.24, 2.45) is 0 Å². The Balaban J connectivity index is 2.38. The first-order valence-electron chi connectivity index (χ1n) is 6.34. The van der Waals surface area contributed by atoms with Crippen molar-refractivity contribution in [2.45, 2.75) is 20.8 Å². The maximum atomic E-state index is 12.0. The van der Waals surface area contributed by atoms with Gasteiger partial charge in [0.05, 0.1) is 6.54 Å². The minimum Gasteiger partial charge on any atom is -0.339 e. The molecule has 1 rings (SSSR count). The van der Waals surface area contributed by atoms with Gasteiger partial charge in [0.25, 0.3) is 0 Å². The SMILES string of the molecule is CCN(CC)CC(=O)N1CCN(C(C)=O)CC1. The topological polar surface area (TPSA) is 43.9 Å². The summed E-state index contributed by atoms with van der Waals surface area (Å²) in [6.07, 6.45) is 0. The quantitative estimate of drug-likeness (QED) is 0.697. The fourth-order valence-electron chi connectivity index (χ4n) is 2.01. The lowest BCUT2D eigenvalue weighted by molar-refractivity contribution is -0.139. The lowest BCUT2D eigenvalue weighted by atomic mass is 10.3. The van der Waals surface area contributed by atoms with Gasteiger partial charge in [-0.15, -0.1) is 0 Å². The first-order chi connectivity index (χ1) is 8.08. The van der Waals surface area contributed by atoms with Crippen molar-refractivity contribution in [3.05, 3.63) is 0 Å². The Morgan fingerprint density at radius 3 is 1.88 bits per heavy atom. The number of nitrogens with zero attached hydrogens (tertiary/aromatic N) is 3. The number of hydrogen-bond donors (Lipinski definition) is 0. The van der Waals surface area contributed by atoms with Crippen LogP contribution in [-0.4, -0.2) is 72.3 Å². The van der Waals surface area contributed by atoms with Gasteiger partial charge >= 0.3 is 0 Å². The number of amides is 2. The van der Waals surface area contributed by atoms with Crippen LogP contribution in [-0.2, 0) is 9.59 Å². The van der Waals surface area contributed by atoms with Crippen molar-refractivity contribution >= 4 is 11.8 Å². The normalized spacial score (nSPS) is 16.5. The molecule has 98 valence electrons. The van der Waals surface area contributed by atoms with Crippen LogP contribution >= 0.6 is 0 Å². The molecule has 0 radical (unpaired) electrons. The van der Waals surface area contributed by atoms with Gasteiger partial charge in [-0.05, 0) is 13.1 Å². The molecule has 0 bridgehead atoms. The van der Waals surface area contributed by atoms with Crippen LogP contribution in [0.1, 0.15) is 20.8 Å². The number of carbonyl (C=O) groups is 2. The smallest absolute Gasteiger partial charge is 0.236 e. The average Bonchev–Trinajstić information content (AvgIpc) is 2.35. The number of rotatable bonds is 4. The van der Waals surface area contributed by atoms with E-state index in [1.165, 1.54) is 0 Å². The van der Waals surface area contributed by atoms with E-state index in [9.17, 15) is 9.59 Å². The molecule has 5 nitrogen and oxygen atoms in total. The molecular weight excluding hydrogens is 218 g/mol. The molecule has 0 aliphatic carbocycles. The Labute approximate surface area is 103 Å². The van der Waals surface area contributed by atoms with Gasteiger partial charge in [0, 0.05) is 33.1 Å². The summed E-state index contributed by atoms with van der Waals surface area (Å²) in [6.45, 7) is 10.7. The molecule has 2 amide bonds. The third-order valence-corrected chi connectivity index (χ3v) is 3.33. The van der Waals surface area contributed by atoms with Gasteiger partial charge in [-0.2, -0.15) is 0 Å². The van der Waals surface area contributed by atoms with Gasteiger partial charge in [-0.1, -0.05) is 13.8 Å². The summed E-state index contributed by atoms with van der Waals surface area (Å²) in [4.78, 5) is 28.9. The molecule has 0 aromatic carbocycles. The predicted octanol–water partition coefficient (Wildman–Crippen LogP) is 0.0189. The second kappa shape index (κ2) is 6.59. The molecule has 5 heteroatoms. The molecule has 0 spiro atoms. The van der Waals surface area contributed by atoms with Gasteiger partial charge in [0.1, 0.15) is 0 Å². The van der Waals surface area contributed by atoms with Crippen LogP contribution in [0.15, 0.2) is 0 Å². The molecular formula is C12H23N3O2. The van der Waals surface area contributed by atoms with Crippen LogP contribution in [0, 0.1) is 0 Å². The summed E-state index contributed by atoms with van der Waals surface area (Å²) in [5.74, 6) is 0.276. The molecule has 0 aromatic rings. The lowest BCUT2D eigenvalue weighted by Crippen LogP contribution is -2.52. The molecule has 0 atom stereocenters. The van der Waals surface area contributed by atoms with Crippen molar-refractivity contribution in [1.82, 2.24) is 14.7 Å². The van der Waals surface area contributed by atoms with Gasteiger partial charge in [-0.25, -0.2) is 0 Å². The summed E-state index contributed by atoms with van der Waals surface area (Å²) in [7, 11) is 0. The van der Waals surface area contributed by atoms with E-state index in [1.807, 2.05) is 4.90 Å². The second-order valence-electron chi connectivity index (χ2n) is 4.35. The second-order valence-corrected chi connectivity index (χ2v) is 4.35. The molecule has 0 N–H and O–H groups in total. The third kappa shape index (κ3) is 4.00. The van der Waals surface area contributed by atoms with Crippen LogP contribution < -0.4 is 0 Å². The standard InChI is InChI=1S/C12H23N3O2/c1-4-13(5-2)10-12(17)15-8-6-14(7-9-15)11(3)16/h4-10H2,1-3H3. The van der Waals surface area contributed by atoms with E-state index in [4.69, 9.17) is 0 Å². The van der Waals surface area contributed by atoms with Crippen molar-refractivity contribution in [2.75, 3.05) is 45.8 Å². The van der Waals surface area contributed by atoms with E-state index in [0.717, 1.165) is 13.1 Å². The molecule has 17 heavy (non-hydrogen) atoms. The first-order valence-corrected chi connectivity index (χ1v) is 6.34. The highest BCUT2D eigenvalue weighted by Crippen LogP contribution is 2.03. The number of hydrogen-bond acceptors (Lipinski definition) is 3. The van der Waals surface area contributed by atoms with Crippen LogP contribution in [0.25, 0.3) is 0 Å². The maximum Gasteiger partial charge on any atom is 0.236 e. The molecule has 0 saturated carbocycles. The van der Waals surface area contributed by atoms with Crippen molar-refractivity contribution in [1.29, 1.82) is 0 Å². The fraction of sp³-hybridized carbons (Fsp3) is 0.833. The zero-order chi connectivity index (χ0) is 12.8. The summed E-state index contributed by atoms with van der Waals surface area (Å²) < 4.78 is 0. The average molecular weight is 241 g/mol. The van der Waals surface area contributed by atoms with Gasteiger partial charge in [0.15, 0.2) is 0 Å². The summed E-state index contributed by atoms with van der Waals surface area (Å²) in [5, 5.41) is 0. The van der Waals surface area contributed by atoms with Crippen LogP contribution in [0.2, 0.25) is 0 Å². The van der Waals surface area contributed by atoms with Crippen LogP contribution in [0.4, 0.5) is 0 Å². The van der Waals surface area contributed by atoms with Crippen molar-refractivity contribution in [3.63, 3.8) is 0 Å². The summed E-state index contributed by atoms with van der Waals surface area (Å²) in [6, 6.07) is 0. The summed E-state index contributed by atoms with van der Waals surface area (Å²) >= 11 is 0. The summed E-state index contributed by atoms with van der Waals surface area (Å²) in [5.41, 5.74) is 0. The minimum atomic E-state index is 0.0980. The monoisotopic (exact) mass is 241 g/mol. The van der Waals surface area contributed by atoms with Gasteiger partial charge < -0.3 is 9.80 Å². The van der Waals surface area contributed by atoms with E-state index < -0.39 is 0 Å². The van der Waals surface area contributed by atoms with Gasteiger partial charge in [-0.3, -0.25) is 14.5 Å². The zero-order valence-electron chi connectivity index (χ0n) is 11.1. The molecule has 0 unspecified atom stereocenters. The minimum absolute atomic E-state index is 0.0980. The van der Waals surface area contributed by atoms with E-state index in [2.05, 4.69) is 18.7 Å². The molecule has 1 aliphatic rings. The Morgan fingerprint density at radius 2 is 1.47 bits per heavy atom. The number of carbonyl (C=O) groups excluding carboxylic acids is 2. The van der Waals surface area contributed by atoms with Crippen molar-refractivity contribution in [3.8, 4) is 0 Å². The fourth-order valence-corrected chi connectivity index (χ4v) is 2.01. The van der Waals surface area contributed by atoms with E-state index >= 15 is 0 Å². The molecule has 1 aliphatic heterocycles. The molecule has 1 saturated heterocycles. The van der Waals surface area contributed by atoms with Crippen molar-refractivity contribution < 1.29 is 9.59 Å². The lowest BCUT2D eigenvalue weighted by Gasteiger charge is -2.35. The largest absolute Gasteiger partial charge is 0.339 e. The first kappa shape index (κ1) is 14.0. The predicted molar refractivity (Wildman–Crippen MR) is 66.6 cm³/mol. The maximum absolute atomic E-state index is 12.0. The highest BCUT2D eigenvalue weighted by Gasteiger charge is 2.22. The van der Waals surface area contributed by atoms with E-state index in [-0.39, 0.29) is 11.8 Å². The van der Waals surface area contributed by atoms with Gasteiger partial charge in [0.2, 0.25) is 11.8 Å². The highest BCUT2D eigenvalue weighted by atomic mass is 16.2. The molecule has 1 heterocycles. The van der Waals surface area contributed by atoms with Crippen LogP contribution in [0.5, 0.6) is 0 Å². The number of piperazine rings is 1. The van der Waals surface area contributed by atoms with E-state index in [0.29, 0.717) is 32.7 Å². The Bertz CT molecular complexity index is 269. The Kier molecular flexibility index (Phi) is 5.41. The third-order valence-electron chi connectivity index (χ3n) is 3.33. The Hall–Kier alpha value is -1.10. The number of likely N-dealkylation sites (N-methyl/N-ethyl adjacent to an activating group) is 1. The zero-order valence-corrected chi connectivity index (χ0v) is 11.1. The Morgan fingerprint density at radius 1 is 1.00 bits per heavy atom. The highest BCUT2D eigenvalue weighted by molar-refractivity contribution is 5.79. The molecule has 0 aromatic heterocycles.